The average molecular weight is 297 g/mol. The second kappa shape index (κ2) is 6.72. The topological polar surface area (TPSA) is 32.3 Å². The van der Waals surface area contributed by atoms with Gasteiger partial charge in [-0.3, -0.25) is 0 Å². The van der Waals surface area contributed by atoms with Gasteiger partial charge in [0.05, 0.1) is 23.5 Å². The van der Waals surface area contributed by atoms with Crippen LogP contribution >= 0.6 is 11.6 Å². The van der Waals surface area contributed by atoms with Crippen LogP contribution in [0.3, 0.4) is 0 Å². The predicted octanol–water partition coefficient (Wildman–Crippen LogP) is 2.87. The molecule has 5 heteroatoms. The third-order valence-corrected chi connectivity index (χ3v) is 4.12. The second-order valence-electron chi connectivity index (χ2n) is 6.01. The molecule has 0 amide bonds. The quantitative estimate of drug-likeness (QED) is 0.803. The molecule has 1 aromatic rings. The summed E-state index contributed by atoms with van der Waals surface area (Å²) in [5.41, 5.74) is 2.06. The standard InChI is InChI=1S/C15H25ClN4/c1-11(2)15-17-9-14(13(8-16)18-15)20-7-5-6-19(4)10-12(20)3/h9,11-12H,5-8,10H2,1-4H3. The monoisotopic (exact) mass is 296 g/mol. The van der Waals surface area contributed by atoms with Crippen LogP contribution in [0.1, 0.15) is 44.6 Å². The number of rotatable bonds is 3. The number of alkyl halides is 1. The van der Waals surface area contributed by atoms with E-state index in [9.17, 15) is 0 Å². The average Bonchev–Trinajstić information content (AvgIpc) is 2.58. The first-order valence-electron chi connectivity index (χ1n) is 7.40. The van der Waals surface area contributed by atoms with Gasteiger partial charge in [-0.25, -0.2) is 9.97 Å². The lowest BCUT2D eigenvalue weighted by atomic mass is 10.2. The highest BCUT2D eigenvalue weighted by Gasteiger charge is 2.23. The fourth-order valence-corrected chi connectivity index (χ4v) is 2.97. The molecule has 4 nitrogen and oxygen atoms in total. The van der Waals surface area contributed by atoms with Gasteiger partial charge >= 0.3 is 0 Å². The highest BCUT2D eigenvalue weighted by Crippen LogP contribution is 2.25. The molecule has 1 aliphatic heterocycles. The summed E-state index contributed by atoms with van der Waals surface area (Å²) >= 11 is 6.12. The summed E-state index contributed by atoms with van der Waals surface area (Å²) in [7, 11) is 2.18. The van der Waals surface area contributed by atoms with Crippen LogP contribution in [0.2, 0.25) is 0 Å². The molecule has 1 aliphatic rings. The van der Waals surface area contributed by atoms with Gasteiger partial charge in [0.2, 0.25) is 0 Å². The van der Waals surface area contributed by atoms with Gasteiger partial charge in [0.1, 0.15) is 5.82 Å². The van der Waals surface area contributed by atoms with Gasteiger partial charge in [-0.1, -0.05) is 13.8 Å². The molecule has 1 unspecified atom stereocenters. The van der Waals surface area contributed by atoms with Crippen molar-refractivity contribution < 1.29 is 0 Å². The summed E-state index contributed by atoms with van der Waals surface area (Å²) < 4.78 is 0. The van der Waals surface area contributed by atoms with Crippen LogP contribution in [0.4, 0.5) is 5.69 Å². The van der Waals surface area contributed by atoms with Crippen molar-refractivity contribution in [1.82, 2.24) is 14.9 Å². The molecule has 1 aromatic heterocycles. The number of anilines is 1. The Morgan fingerprint density at radius 2 is 2.15 bits per heavy atom. The second-order valence-corrected chi connectivity index (χ2v) is 6.27. The van der Waals surface area contributed by atoms with E-state index >= 15 is 0 Å². The van der Waals surface area contributed by atoms with E-state index in [1.165, 1.54) is 0 Å². The molecule has 0 spiro atoms. The van der Waals surface area contributed by atoms with Crippen molar-refractivity contribution in [2.75, 3.05) is 31.6 Å². The number of hydrogen-bond acceptors (Lipinski definition) is 4. The van der Waals surface area contributed by atoms with Crippen molar-refractivity contribution in [2.24, 2.45) is 0 Å². The molecule has 0 radical (unpaired) electrons. The Hall–Kier alpha value is -0.870. The molecule has 1 saturated heterocycles. The number of aromatic nitrogens is 2. The van der Waals surface area contributed by atoms with Crippen molar-refractivity contribution in [3.05, 3.63) is 17.7 Å². The van der Waals surface area contributed by atoms with Gasteiger partial charge in [0.25, 0.3) is 0 Å². The fraction of sp³-hybridized carbons (Fsp3) is 0.733. The van der Waals surface area contributed by atoms with Crippen molar-refractivity contribution >= 4 is 17.3 Å². The van der Waals surface area contributed by atoms with E-state index in [0.717, 1.165) is 43.3 Å². The molecule has 2 rings (SSSR count). The van der Waals surface area contributed by atoms with Crippen molar-refractivity contribution in [3.8, 4) is 0 Å². The van der Waals surface area contributed by atoms with Crippen molar-refractivity contribution in [3.63, 3.8) is 0 Å². The summed E-state index contributed by atoms with van der Waals surface area (Å²) in [6.45, 7) is 9.72. The van der Waals surface area contributed by atoms with Gasteiger partial charge in [-0.15, -0.1) is 11.6 Å². The van der Waals surface area contributed by atoms with Crippen molar-refractivity contribution in [2.45, 2.75) is 45.0 Å². The fourth-order valence-electron chi connectivity index (χ4n) is 2.77. The molecule has 2 heterocycles. The van der Waals surface area contributed by atoms with Crippen LogP contribution in [-0.2, 0) is 5.88 Å². The van der Waals surface area contributed by atoms with Crippen LogP contribution in [0.15, 0.2) is 6.20 Å². The van der Waals surface area contributed by atoms with E-state index in [2.05, 4.69) is 47.6 Å². The summed E-state index contributed by atoms with van der Waals surface area (Å²) in [4.78, 5) is 14.0. The van der Waals surface area contributed by atoms with E-state index in [-0.39, 0.29) is 0 Å². The van der Waals surface area contributed by atoms with Gasteiger partial charge in [0, 0.05) is 25.0 Å². The summed E-state index contributed by atoms with van der Waals surface area (Å²) in [5, 5.41) is 0. The van der Waals surface area contributed by atoms with E-state index in [1.54, 1.807) is 0 Å². The van der Waals surface area contributed by atoms with Crippen LogP contribution in [-0.4, -0.2) is 47.6 Å². The van der Waals surface area contributed by atoms with Gasteiger partial charge in [-0.2, -0.15) is 0 Å². The number of nitrogens with zero attached hydrogens (tertiary/aromatic N) is 4. The Morgan fingerprint density at radius 3 is 2.80 bits per heavy atom. The Labute approximate surface area is 127 Å². The molecule has 0 aromatic carbocycles. The Balaban J connectivity index is 2.30. The summed E-state index contributed by atoms with van der Waals surface area (Å²) in [6, 6.07) is 0.456. The van der Waals surface area contributed by atoms with Gasteiger partial charge in [-0.05, 0) is 26.9 Å². The first-order valence-corrected chi connectivity index (χ1v) is 7.93. The first kappa shape index (κ1) is 15.5. The zero-order valence-corrected chi connectivity index (χ0v) is 13.7. The lowest BCUT2D eigenvalue weighted by Crippen LogP contribution is -2.38. The molecular weight excluding hydrogens is 272 g/mol. The maximum atomic E-state index is 6.12. The smallest absolute Gasteiger partial charge is 0.131 e. The zero-order chi connectivity index (χ0) is 14.7. The molecule has 0 saturated carbocycles. The zero-order valence-electron chi connectivity index (χ0n) is 12.9. The largest absolute Gasteiger partial charge is 0.365 e. The minimum atomic E-state index is 0.332. The third-order valence-electron chi connectivity index (χ3n) is 3.86. The maximum Gasteiger partial charge on any atom is 0.131 e. The molecule has 112 valence electrons. The molecule has 0 N–H and O–H groups in total. The molecule has 20 heavy (non-hydrogen) atoms. The lowest BCUT2D eigenvalue weighted by molar-refractivity contribution is 0.337. The third kappa shape index (κ3) is 3.41. The Morgan fingerprint density at radius 1 is 1.40 bits per heavy atom. The molecular formula is C15H25ClN4. The first-order chi connectivity index (χ1) is 9.52. The van der Waals surface area contributed by atoms with E-state index in [4.69, 9.17) is 11.6 Å². The summed E-state index contributed by atoms with van der Waals surface area (Å²) in [5.74, 6) is 1.65. The van der Waals surface area contributed by atoms with E-state index in [0.29, 0.717) is 17.8 Å². The highest BCUT2D eigenvalue weighted by atomic mass is 35.5. The molecule has 0 aliphatic carbocycles. The number of halogens is 1. The normalized spacial score (nSPS) is 21.3. The van der Waals surface area contributed by atoms with Crippen LogP contribution < -0.4 is 4.90 Å². The molecule has 1 atom stereocenters. The maximum absolute atomic E-state index is 6.12. The highest BCUT2D eigenvalue weighted by molar-refractivity contribution is 6.17. The molecule has 1 fully saturated rings. The SMILES string of the molecule is CC(C)c1ncc(N2CCCN(C)CC2C)c(CCl)n1. The van der Waals surface area contributed by atoms with Crippen LogP contribution in [0.25, 0.3) is 0 Å². The number of hydrogen-bond donors (Lipinski definition) is 0. The lowest BCUT2D eigenvalue weighted by Gasteiger charge is -2.31. The van der Waals surface area contributed by atoms with Gasteiger partial charge < -0.3 is 9.80 Å². The minimum Gasteiger partial charge on any atom is -0.365 e. The Bertz CT molecular complexity index is 449. The van der Waals surface area contributed by atoms with Gasteiger partial charge in [0.15, 0.2) is 0 Å². The molecule has 0 bridgehead atoms. The predicted molar refractivity (Wildman–Crippen MR) is 84.6 cm³/mol. The summed E-state index contributed by atoms with van der Waals surface area (Å²) in [6.07, 6.45) is 3.12. The van der Waals surface area contributed by atoms with E-state index in [1.807, 2.05) is 6.20 Å². The van der Waals surface area contributed by atoms with Crippen LogP contribution in [0, 0.1) is 0 Å². The van der Waals surface area contributed by atoms with Crippen LogP contribution in [0.5, 0.6) is 0 Å². The number of likely N-dealkylation sites (N-methyl/N-ethyl adjacent to an activating group) is 1. The van der Waals surface area contributed by atoms with Crippen molar-refractivity contribution in [1.29, 1.82) is 0 Å². The minimum absolute atomic E-state index is 0.332. The Kier molecular flexibility index (Phi) is 5.22. The van der Waals surface area contributed by atoms with E-state index < -0.39 is 0 Å².